The van der Waals surface area contributed by atoms with Gasteiger partial charge in [0.15, 0.2) is 0 Å². The van der Waals surface area contributed by atoms with Crippen LogP contribution in [-0.2, 0) is 6.54 Å². The molecule has 2 rings (SSSR count). The summed E-state index contributed by atoms with van der Waals surface area (Å²) in [6.45, 7) is 0.825. The highest BCUT2D eigenvalue weighted by Gasteiger charge is 2.22. The van der Waals surface area contributed by atoms with Crippen LogP contribution in [0.3, 0.4) is 0 Å². The summed E-state index contributed by atoms with van der Waals surface area (Å²) in [6, 6.07) is 2.59. The molecular weight excluding hydrogens is 288 g/mol. The molecule has 0 aromatic carbocycles. The van der Waals surface area contributed by atoms with Crippen LogP contribution in [0, 0.1) is 0 Å². The third-order valence-electron chi connectivity index (χ3n) is 2.36. The average Bonchev–Trinajstić information content (AvgIpc) is 2.98. The maximum Gasteiger partial charge on any atom is 0.208 e. The van der Waals surface area contributed by atoms with Gasteiger partial charge in [-0.05, 0) is 34.8 Å². The monoisotopic (exact) mass is 302 g/mol. The predicted octanol–water partition coefficient (Wildman–Crippen LogP) is 1.92. The lowest BCUT2D eigenvalue weighted by Gasteiger charge is -2.19. The smallest absolute Gasteiger partial charge is 0.208 e. The van der Waals surface area contributed by atoms with Crippen LogP contribution in [0.4, 0.5) is 0 Å². The second kappa shape index (κ2) is 5.16. The number of guanidine groups is 1. The molecule has 6 heteroatoms. The average molecular weight is 303 g/mol. The van der Waals surface area contributed by atoms with E-state index in [9.17, 15) is 0 Å². The first-order valence-electron chi connectivity index (χ1n) is 5.17. The van der Waals surface area contributed by atoms with Crippen molar-refractivity contribution in [3.8, 4) is 0 Å². The lowest BCUT2D eigenvalue weighted by atomic mass is 10.4. The molecule has 4 nitrogen and oxygen atoms in total. The number of aliphatic imine (C=N–C) groups is 1. The molecule has 3 N–H and O–H groups in total. The number of rotatable bonds is 3. The molecule has 1 saturated carbocycles. The van der Waals surface area contributed by atoms with Crippen molar-refractivity contribution < 1.29 is 0 Å². The van der Waals surface area contributed by atoms with Crippen LogP contribution in [0.25, 0.3) is 0 Å². The second-order valence-corrected chi connectivity index (χ2v) is 5.83. The Balaban J connectivity index is 1.97. The zero-order chi connectivity index (χ0) is 11.5. The molecule has 0 atom stereocenters. The van der Waals surface area contributed by atoms with Crippen molar-refractivity contribution in [3.05, 3.63) is 20.8 Å². The minimum absolute atomic E-state index is 0.476. The number of nitrogens with two attached hydrogens (primary N) is 1. The van der Waals surface area contributed by atoms with Gasteiger partial charge < -0.3 is 4.90 Å². The first-order valence-corrected chi connectivity index (χ1v) is 6.85. The highest BCUT2D eigenvalue weighted by atomic mass is 79.9. The van der Waals surface area contributed by atoms with E-state index in [0.29, 0.717) is 6.04 Å². The summed E-state index contributed by atoms with van der Waals surface area (Å²) in [5, 5.41) is 2.08. The number of nitrogens with zero attached hydrogens (tertiary/aromatic N) is 2. The summed E-state index contributed by atoms with van der Waals surface area (Å²) in [7, 11) is 1.99. The summed E-state index contributed by atoms with van der Waals surface area (Å²) in [5.74, 6) is 6.25. The number of halogens is 1. The normalized spacial score (nSPS) is 16.3. The highest BCUT2D eigenvalue weighted by Crippen LogP contribution is 2.24. The van der Waals surface area contributed by atoms with E-state index in [-0.39, 0.29) is 0 Å². The fourth-order valence-corrected chi connectivity index (χ4v) is 2.87. The van der Waals surface area contributed by atoms with Gasteiger partial charge in [-0.15, -0.1) is 11.3 Å². The second-order valence-electron chi connectivity index (χ2n) is 3.92. The van der Waals surface area contributed by atoms with E-state index >= 15 is 0 Å². The summed E-state index contributed by atoms with van der Waals surface area (Å²) in [5.41, 5.74) is 2.67. The molecule has 0 saturated heterocycles. The van der Waals surface area contributed by atoms with Gasteiger partial charge in [0.2, 0.25) is 5.96 Å². The fraction of sp³-hybridized carbons (Fsp3) is 0.500. The Morgan fingerprint density at radius 3 is 3.00 bits per heavy atom. The highest BCUT2D eigenvalue weighted by molar-refractivity contribution is 9.10. The predicted molar refractivity (Wildman–Crippen MR) is 71.3 cm³/mol. The van der Waals surface area contributed by atoms with Gasteiger partial charge >= 0.3 is 0 Å². The van der Waals surface area contributed by atoms with Crippen LogP contribution in [0.1, 0.15) is 17.7 Å². The molecule has 0 amide bonds. The van der Waals surface area contributed by atoms with Crippen LogP contribution in [0.2, 0.25) is 0 Å². The van der Waals surface area contributed by atoms with Crippen LogP contribution < -0.4 is 11.3 Å². The van der Waals surface area contributed by atoms with Crippen molar-refractivity contribution in [2.24, 2.45) is 10.8 Å². The van der Waals surface area contributed by atoms with Crippen LogP contribution >= 0.6 is 27.3 Å². The number of nitrogens with one attached hydrogen (secondary N) is 1. The summed E-state index contributed by atoms with van der Waals surface area (Å²) in [4.78, 5) is 7.83. The molecule has 0 radical (unpaired) electrons. The maximum absolute atomic E-state index is 5.48. The van der Waals surface area contributed by atoms with Crippen LogP contribution in [-0.4, -0.2) is 23.9 Å². The SMILES string of the molecule is CN(Cc1cc(Br)cs1)C(=NC1CC1)NN. The lowest BCUT2D eigenvalue weighted by Crippen LogP contribution is -2.42. The molecule has 1 aliphatic rings. The van der Waals surface area contributed by atoms with Gasteiger partial charge in [0.05, 0.1) is 12.6 Å². The standard InChI is InChI=1S/C10H15BrN4S/c1-15(5-9-4-7(11)6-16-9)10(14-12)13-8-2-3-8/h4,6,8H,2-3,5,12H2,1H3,(H,13,14). The minimum atomic E-state index is 0.476. The Labute approximate surface area is 108 Å². The minimum Gasteiger partial charge on any atom is -0.340 e. The van der Waals surface area contributed by atoms with Crippen molar-refractivity contribution in [3.63, 3.8) is 0 Å². The quantitative estimate of drug-likeness (QED) is 0.388. The van der Waals surface area contributed by atoms with Gasteiger partial charge in [0.25, 0.3) is 0 Å². The van der Waals surface area contributed by atoms with E-state index in [1.165, 1.54) is 17.7 Å². The molecule has 0 bridgehead atoms. The van der Waals surface area contributed by atoms with E-state index in [0.717, 1.165) is 17.0 Å². The number of thiophene rings is 1. The van der Waals surface area contributed by atoms with E-state index in [1.807, 2.05) is 11.9 Å². The summed E-state index contributed by atoms with van der Waals surface area (Å²) < 4.78 is 1.13. The summed E-state index contributed by atoms with van der Waals surface area (Å²) >= 11 is 5.18. The molecule has 1 aromatic heterocycles. The van der Waals surface area contributed by atoms with Crippen LogP contribution in [0.15, 0.2) is 20.9 Å². The van der Waals surface area contributed by atoms with Crippen molar-refractivity contribution in [2.75, 3.05) is 7.05 Å². The Bertz CT molecular complexity index is 386. The molecule has 1 aromatic rings. The van der Waals surface area contributed by atoms with E-state index in [1.54, 1.807) is 11.3 Å². The topological polar surface area (TPSA) is 53.6 Å². The first kappa shape index (κ1) is 11.9. The van der Waals surface area contributed by atoms with Crippen molar-refractivity contribution in [2.45, 2.75) is 25.4 Å². The molecule has 1 aliphatic carbocycles. The molecule has 1 heterocycles. The molecule has 1 fully saturated rings. The molecule has 0 spiro atoms. The Morgan fingerprint density at radius 1 is 1.75 bits per heavy atom. The Hall–Kier alpha value is -0.590. The van der Waals surface area contributed by atoms with Crippen molar-refractivity contribution in [1.82, 2.24) is 10.3 Å². The van der Waals surface area contributed by atoms with E-state index < -0.39 is 0 Å². The third kappa shape index (κ3) is 3.20. The zero-order valence-electron chi connectivity index (χ0n) is 9.11. The molecule has 16 heavy (non-hydrogen) atoms. The van der Waals surface area contributed by atoms with Gasteiger partial charge in [-0.25, -0.2) is 10.8 Å². The molecule has 0 aliphatic heterocycles. The van der Waals surface area contributed by atoms with Crippen molar-refractivity contribution >= 4 is 33.2 Å². The molecular formula is C10H15BrN4S. The number of hydrazine groups is 1. The zero-order valence-corrected chi connectivity index (χ0v) is 11.5. The fourth-order valence-electron chi connectivity index (χ4n) is 1.37. The third-order valence-corrected chi connectivity index (χ3v) is 4.04. The Kier molecular flexibility index (Phi) is 3.83. The van der Waals surface area contributed by atoms with Crippen molar-refractivity contribution in [1.29, 1.82) is 0 Å². The molecule has 88 valence electrons. The van der Waals surface area contributed by atoms with Gasteiger partial charge in [-0.3, -0.25) is 5.43 Å². The lowest BCUT2D eigenvalue weighted by molar-refractivity contribution is 0.481. The van der Waals surface area contributed by atoms with Gasteiger partial charge in [-0.1, -0.05) is 0 Å². The van der Waals surface area contributed by atoms with Gasteiger partial charge in [0.1, 0.15) is 0 Å². The maximum atomic E-state index is 5.48. The van der Waals surface area contributed by atoms with E-state index in [2.05, 4.69) is 37.8 Å². The largest absolute Gasteiger partial charge is 0.340 e. The number of hydrogen-bond acceptors (Lipinski definition) is 3. The summed E-state index contributed by atoms with van der Waals surface area (Å²) in [6.07, 6.45) is 2.37. The van der Waals surface area contributed by atoms with E-state index in [4.69, 9.17) is 5.84 Å². The first-order chi connectivity index (χ1) is 7.69. The Morgan fingerprint density at radius 2 is 2.50 bits per heavy atom. The van der Waals surface area contributed by atoms with Gasteiger partial charge in [0, 0.05) is 21.8 Å². The number of hydrogen-bond donors (Lipinski definition) is 2. The molecule has 0 unspecified atom stereocenters. The van der Waals surface area contributed by atoms with Gasteiger partial charge in [-0.2, -0.15) is 0 Å². The van der Waals surface area contributed by atoms with Crippen LogP contribution in [0.5, 0.6) is 0 Å².